The standard InChI is InChI=1S/C37H27BrN2O7/c1-2-46-29-9-5-6-21(34(29)43)30-20-14-15-22-31(23(20)16-24-32(30)27(41)17-25(38)33(24)42)37(45)40(36(22)44)19-12-10-18(11-13-19)35-39-26-7-3-4-8-28(26)47-35/h3-14,17,22-23,30-31,43H,2,15-16H2,1H3. The number of carbonyl (C=O) groups is 4. The van der Waals surface area contributed by atoms with E-state index in [0.717, 1.165) is 11.1 Å². The van der Waals surface area contributed by atoms with Crippen molar-refractivity contribution in [2.75, 3.05) is 11.5 Å². The molecule has 1 saturated heterocycles. The summed E-state index contributed by atoms with van der Waals surface area (Å²) in [6.45, 7) is 2.12. The van der Waals surface area contributed by atoms with Gasteiger partial charge in [-0.3, -0.25) is 24.1 Å². The molecule has 0 spiro atoms. The van der Waals surface area contributed by atoms with Crippen LogP contribution in [0.3, 0.4) is 0 Å². The first kappa shape index (κ1) is 29.3. The summed E-state index contributed by atoms with van der Waals surface area (Å²) < 4.78 is 11.7. The van der Waals surface area contributed by atoms with E-state index in [2.05, 4.69) is 20.9 Å². The van der Waals surface area contributed by atoms with E-state index in [1.54, 1.807) is 49.4 Å². The summed E-state index contributed by atoms with van der Waals surface area (Å²) in [6, 6.07) is 19.5. The van der Waals surface area contributed by atoms with Crippen molar-refractivity contribution >= 4 is 56.1 Å². The number of halogens is 1. The third-order valence-corrected chi connectivity index (χ3v) is 10.2. The van der Waals surface area contributed by atoms with Crippen LogP contribution in [0.25, 0.3) is 22.6 Å². The minimum absolute atomic E-state index is 0.127. The summed E-state index contributed by atoms with van der Waals surface area (Å²) in [6.07, 6.45) is 3.59. The number of phenolic OH excluding ortho intramolecular Hbond substituents is 1. The quantitative estimate of drug-likeness (QED) is 0.142. The second-order valence-electron chi connectivity index (χ2n) is 12.1. The topological polar surface area (TPSA) is 127 Å². The van der Waals surface area contributed by atoms with Gasteiger partial charge in [0.25, 0.3) is 0 Å². The molecule has 234 valence electrons. The number of oxazole rings is 1. The van der Waals surface area contributed by atoms with E-state index in [1.165, 1.54) is 11.0 Å². The Morgan fingerprint density at radius 2 is 1.77 bits per heavy atom. The molecule has 1 aromatic heterocycles. The highest BCUT2D eigenvalue weighted by atomic mass is 79.9. The van der Waals surface area contributed by atoms with E-state index in [9.17, 15) is 24.3 Å². The number of nitrogens with zero attached hydrogens (tertiary/aromatic N) is 2. The Morgan fingerprint density at radius 1 is 0.979 bits per heavy atom. The summed E-state index contributed by atoms with van der Waals surface area (Å²) in [5.74, 6) is -3.49. The maximum absolute atomic E-state index is 14.3. The fraction of sp³-hybridized carbons (Fsp3) is 0.216. The van der Waals surface area contributed by atoms with Crippen LogP contribution in [0, 0.1) is 17.8 Å². The number of ketones is 2. The number of hydrogen-bond donors (Lipinski definition) is 1. The van der Waals surface area contributed by atoms with Crippen LogP contribution >= 0.6 is 15.9 Å². The SMILES string of the molecule is CCOc1cccc(C2C3=CCC4C(=O)N(c5ccc(-c6nc7ccccc7o6)cc5)C(=O)C4C3CC3=C2C(=O)C=C(Br)C3=O)c1O. The molecule has 2 heterocycles. The first-order chi connectivity index (χ1) is 22.8. The van der Waals surface area contributed by atoms with Gasteiger partial charge in [-0.2, -0.15) is 0 Å². The van der Waals surface area contributed by atoms with Crippen molar-refractivity contribution < 1.29 is 33.4 Å². The highest BCUT2D eigenvalue weighted by Crippen LogP contribution is 2.57. The van der Waals surface area contributed by atoms with E-state index < -0.39 is 23.7 Å². The van der Waals surface area contributed by atoms with Gasteiger partial charge in [0.05, 0.1) is 28.6 Å². The van der Waals surface area contributed by atoms with Crippen LogP contribution in [0.4, 0.5) is 5.69 Å². The van der Waals surface area contributed by atoms with Crippen LogP contribution in [0.5, 0.6) is 11.5 Å². The number of ether oxygens (including phenoxy) is 1. The number of hydrogen-bond acceptors (Lipinski definition) is 8. The second-order valence-corrected chi connectivity index (χ2v) is 12.9. The van der Waals surface area contributed by atoms with Crippen molar-refractivity contribution in [2.24, 2.45) is 17.8 Å². The summed E-state index contributed by atoms with van der Waals surface area (Å²) in [5, 5.41) is 11.3. The van der Waals surface area contributed by atoms with Gasteiger partial charge in [-0.25, -0.2) is 4.98 Å². The molecule has 0 saturated carbocycles. The number of aromatic nitrogens is 1. The Labute approximate surface area is 277 Å². The van der Waals surface area contributed by atoms with Crippen LogP contribution in [-0.4, -0.2) is 40.1 Å². The number of carbonyl (C=O) groups excluding carboxylic acids is 4. The van der Waals surface area contributed by atoms with E-state index in [4.69, 9.17) is 9.15 Å². The predicted molar refractivity (Wildman–Crippen MR) is 176 cm³/mol. The van der Waals surface area contributed by atoms with Crippen LogP contribution in [0.1, 0.15) is 31.2 Å². The zero-order valence-corrected chi connectivity index (χ0v) is 26.7. The Kier molecular flexibility index (Phi) is 6.87. The zero-order valence-electron chi connectivity index (χ0n) is 25.1. The van der Waals surface area contributed by atoms with Crippen LogP contribution in [0.2, 0.25) is 0 Å². The smallest absolute Gasteiger partial charge is 0.238 e. The molecule has 3 aromatic carbocycles. The van der Waals surface area contributed by atoms with E-state index >= 15 is 0 Å². The number of rotatable bonds is 5. The molecule has 4 atom stereocenters. The molecule has 10 heteroatoms. The number of allylic oxidation sites excluding steroid dienone is 6. The van der Waals surface area contributed by atoms with Crippen molar-refractivity contribution in [2.45, 2.75) is 25.7 Å². The normalized spacial score (nSPS) is 23.8. The first-order valence-electron chi connectivity index (χ1n) is 15.4. The average molecular weight is 692 g/mol. The summed E-state index contributed by atoms with van der Waals surface area (Å²) in [7, 11) is 0. The van der Waals surface area contributed by atoms with Crippen LogP contribution in [-0.2, 0) is 19.2 Å². The molecule has 4 aromatic rings. The molecule has 8 rings (SSSR count). The Bertz CT molecular complexity index is 2110. The molecule has 4 unspecified atom stereocenters. The molecule has 9 nitrogen and oxygen atoms in total. The van der Waals surface area contributed by atoms with Crippen molar-refractivity contribution in [3.05, 3.63) is 106 Å². The van der Waals surface area contributed by atoms with Gasteiger partial charge in [0.2, 0.25) is 17.7 Å². The van der Waals surface area contributed by atoms with Gasteiger partial charge >= 0.3 is 0 Å². The minimum atomic E-state index is -0.786. The molecule has 0 radical (unpaired) electrons. The lowest BCUT2D eigenvalue weighted by Crippen LogP contribution is -2.39. The Hall–Kier alpha value is -5.09. The molecular formula is C37H27BrN2O7. The lowest BCUT2D eigenvalue weighted by atomic mass is 9.59. The molecule has 4 aliphatic rings. The number of Topliss-reactive ketones (excluding diaryl/α,β-unsaturated/α-hetero) is 1. The number of para-hydroxylation sites is 3. The first-order valence-corrected chi connectivity index (χ1v) is 16.2. The monoisotopic (exact) mass is 690 g/mol. The second kappa shape index (κ2) is 11.0. The lowest BCUT2D eigenvalue weighted by Gasteiger charge is -2.42. The average Bonchev–Trinajstić information content (AvgIpc) is 3.62. The van der Waals surface area contributed by atoms with Gasteiger partial charge < -0.3 is 14.3 Å². The number of phenols is 1. The molecule has 1 N–H and O–H groups in total. The highest BCUT2D eigenvalue weighted by Gasteiger charge is 2.57. The number of fused-ring (bicyclic) bond motifs is 4. The summed E-state index contributed by atoms with van der Waals surface area (Å²) >= 11 is 3.25. The van der Waals surface area contributed by atoms with Gasteiger partial charge in [0, 0.05) is 34.3 Å². The lowest BCUT2D eigenvalue weighted by molar-refractivity contribution is -0.123. The van der Waals surface area contributed by atoms with E-state index in [-0.39, 0.29) is 57.8 Å². The van der Waals surface area contributed by atoms with Gasteiger partial charge in [0.1, 0.15) is 5.52 Å². The minimum Gasteiger partial charge on any atom is -0.504 e. The van der Waals surface area contributed by atoms with Crippen LogP contribution < -0.4 is 9.64 Å². The number of benzene rings is 3. The van der Waals surface area contributed by atoms with Crippen LogP contribution in [0.15, 0.2) is 105 Å². The molecule has 0 bridgehead atoms. The van der Waals surface area contributed by atoms with E-state index in [1.807, 2.05) is 30.3 Å². The maximum atomic E-state index is 14.3. The Morgan fingerprint density at radius 3 is 2.53 bits per heavy atom. The summed E-state index contributed by atoms with van der Waals surface area (Å²) in [5.41, 5.74) is 4.25. The number of imide groups is 1. The largest absolute Gasteiger partial charge is 0.504 e. The highest BCUT2D eigenvalue weighted by molar-refractivity contribution is 9.12. The van der Waals surface area contributed by atoms with Gasteiger partial charge in [0.15, 0.2) is 28.6 Å². The van der Waals surface area contributed by atoms with Crippen molar-refractivity contribution in [3.63, 3.8) is 0 Å². The number of aromatic hydroxyl groups is 1. The predicted octanol–water partition coefficient (Wildman–Crippen LogP) is 6.57. The summed E-state index contributed by atoms with van der Waals surface area (Å²) in [4.78, 5) is 61.0. The van der Waals surface area contributed by atoms with E-state index in [0.29, 0.717) is 40.5 Å². The van der Waals surface area contributed by atoms with Crippen molar-refractivity contribution in [3.8, 4) is 23.0 Å². The van der Waals surface area contributed by atoms with Crippen molar-refractivity contribution in [1.82, 2.24) is 4.98 Å². The number of anilines is 1. The van der Waals surface area contributed by atoms with Gasteiger partial charge in [-0.05, 0) is 84.1 Å². The third kappa shape index (κ3) is 4.46. The third-order valence-electron chi connectivity index (χ3n) is 9.64. The molecule has 1 fully saturated rings. The fourth-order valence-electron chi connectivity index (χ4n) is 7.61. The van der Waals surface area contributed by atoms with Gasteiger partial charge in [-0.15, -0.1) is 0 Å². The molecule has 2 amide bonds. The van der Waals surface area contributed by atoms with Gasteiger partial charge in [-0.1, -0.05) is 35.9 Å². The number of amides is 2. The molecular weight excluding hydrogens is 664 g/mol. The molecule has 3 aliphatic carbocycles. The zero-order chi connectivity index (χ0) is 32.6. The maximum Gasteiger partial charge on any atom is 0.238 e. The fourth-order valence-corrected chi connectivity index (χ4v) is 8.06. The van der Waals surface area contributed by atoms with Crippen molar-refractivity contribution in [1.29, 1.82) is 0 Å². The Balaban J connectivity index is 1.17. The molecule has 1 aliphatic heterocycles. The molecule has 47 heavy (non-hydrogen) atoms.